The van der Waals surface area contributed by atoms with E-state index < -0.39 is 4.92 Å². The Morgan fingerprint density at radius 2 is 2.08 bits per heavy atom. The van der Waals surface area contributed by atoms with Crippen molar-refractivity contribution in [3.8, 4) is 0 Å². The Hall–Kier alpha value is -2.23. The van der Waals surface area contributed by atoms with Crippen molar-refractivity contribution in [1.82, 2.24) is 15.6 Å². The van der Waals surface area contributed by atoms with Crippen LogP contribution in [0.1, 0.15) is 18.2 Å². The monoisotopic (exact) mass is 455 g/mol. The molecule has 0 aliphatic carbocycles. The van der Waals surface area contributed by atoms with E-state index in [4.69, 9.17) is 0 Å². The van der Waals surface area contributed by atoms with Crippen molar-refractivity contribution in [2.24, 2.45) is 4.99 Å². The molecular weight excluding hydrogens is 433 g/mol. The van der Waals surface area contributed by atoms with Crippen molar-refractivity contribution < 1.29 is 4.92 Å². The van der Waals surface area contributed by atoms with Gasteiger partial charge in [0, 0.05) is 43.5 Å². The summed E-state index contributed by atoms with van der Waals surface area (Å²) in [5.41, 5.74) is 1.89. The first-order valence-electron chi connectivity index (χ1n) is 7.84. The molecule has 1 heterocycles. The molecule has 8 heteroatoms. The van der Waals surface area contributed by atoms with Crippen molar-refractivity contribution in [3.05, 3.63) is 70.0 Å². The van der Waals surface area contributed by atoms with Gasteiger partial charge in [-0.15, -0.1) is 24.0 Å². The van der Waals surface area contributed by atoms with Gasteiger partial charge in [-0.2, -0.15) is 0 Å². The lowest BCUT2D eigenvalue weighted by atomic mass is 10.2. The number of rotatable bonds is 7. The van der Waals surface area contributed by atoms with Gasteiger partial charge in [-0.3, -0.25) is 15.1 Å². The molecule has 2 rings (SSSR count). The predicted molar refractivity (Wildman–Crippen MR) is 109 cm³/mol. The number of hydrogen-bond acceptors (Lipinski definition) is 4. The third-order valence-corrected chi connectivity index (χ3v) is 3.29. The summed E-state index contributed by atoms with van der Waals surface area (Å²) >= 11 is 0. The fourth-order valence-corrected chi connectivity index (χ4v) is 2.14. The molecule has 0 saturated heterocycles. The normalized spacial score (nSPS) is 10.7. The highest BCUT2D eigenvalue weighted by atomic mass is 127. The second-order valence-corrected chi connectivity index (χ2v) is 5.12. The van der Waals surface area contributed by atoms with Gasteiger partial charge in [-0.05, 0) is 24.6 Å². The summed E-state index contributed by atoms with van der Waals surface area (Å²) in [6, 6.07) is 12.4. The van der Waals surface area contributed by atoms with Crippen molar-refractivity contribution in [2.75, 3.05) is 13.1 Å². The van der Waals surface area contributed by atoms with Crippen molar-refractivity contribution in [2.45, 2.75) is 19.9 Å². The maximum Gasteiger partial charge on any atom is 0.269 e. The molecule has 0 aliphatic heterocycles. The van der Waals surface area contributed by atoms with Crippen LogP contribution in [-0.4, -0.2) is 29.0 Å². The third kappa shape index (κ3) is 7.46. The summed E-state index contributed by atoms with van der Waals surface area (Å²) in [4.78, 5) is 19.2. The molecule has 0 saturated carbocycles. The number of pyridine rings is 1. The zero-order valence-electron chi connectivity index (χ0n) is 14.0. The lowest BCUT2D eigenvalue weighted by Crippen LogP contribution is -2.38. The van der Waals surface area contributed by atoms with E-state index in [2.05, 4.69) is 20.6 Å². The number of nitrogens with one attached hydrogen (secondary N) is 2. The maximum absolute atomic E-state index is 10.8. The molecule has 0 unspecified atom stereocenters. The maximum atomic E-state index is 10.8. The Labute approximate surface area is 164 Å². The molecule has 0 radical (unpaired) electrons. The zero-order valence-corrected chi connectivity index (χ0v) is 16.3. The summed E-state index contributed by atoms with van der Waals surface area (Å²) in [5.74, 6) is 0.680. The Morgan fingerprint density at radius 1 is 1.24 bits per heavy atom. The minimum atomic E-state index is -0.399. The molecule has 2 aromatic rings. The lowest BCUT2D eigenvalue weighted by Gasteiger charge is -2.11. The minimum Gasteiger partial charge on any atom is -0.357 e. The Morgan fingerprint density at radius 3 is 2.76 bits per heavy atom. The van der Waals surface area contributed by atoms with Crippen LogP contribution in [0.15, 0.2) is 53.7 Å². The molecule has 0 spiro atoms. The van der Waals surface area contributed by atoms with Gasteiger partial charge in [-0.25, -0.2) is 4.99 Å². The first kappa shape index (κ1) is 20.8. The van der Waals surface area contributed by atoms with Crippen LogP contribution in [0, 0.1) is 10.1 Å². The molecule has 0 fully saturated rings. The van der Waals surface area contributed by atoms with Gasteiger partial charge in [0.25, 0.3) is 5.69 Å². The van der Waals surface area contributed by atoms with E-state index in [1.807, 2.05) is 31.2 Å². The van der Waals surface area contributed by atoms with Gasteiger partial charge in [-0.1, -0.05) is 18.2 Å². The Bertz CT molecular complexity index is 694. The van der Waals surface area contributed by atoms with Crippen LogP contribution in [-0.2, 0) is 13.0 Å². The zero-order chi connectivity index (χ0) is 17.2. The highest BCUT2D eigenvalue weighted by Crippen LogP contribution is 2.13. The largest absolute Gasteiger partial charge is 0.357 e. The van der Waals surface area contributed by atoms with Crippen LogP contribution < -0.4 is 10.6 Å². The van der Waals surface area contributed by atoms with Crippen LogP contribution >= 0.6 is 24.0 Å². The number of nitro groups is 1. The number of aliphatic imine (C=N–C) groups is 1. The average molecular weight is 455 g/mol. The number of halogens is 1. The number of non-ortho nitro benzene ring substituents is 1. The first-order valence-corrected chi connectivity index (χ1v) is 7.84. The SMILES string of the molecule is CCNC(=NCc1cccc([N+](=O)[O-])c1)NCCc1ccccn1.I. The number of nitrogens with zero attached hydrogens (tertiary/aromatic N) is 3. The molecule has 0 aliphatic rings. The molecule has 0 atom stereocenters. The Balaban J connectivity index is 0.00000312. The highest BCUT2D eigenvalue weighted by Gasteiger charge is 2.05. The van der Waals surface area contributed by atoms with Crippen molar-refractivity contribution >= 4 is 35.6 Å². The van der Waals surface area contributed by atoms with E-state index >= 15 is 0 Å². The third-order valence-electron chi connectivity index (χ3n) is 3.29. The second kappa shape index (κ2) is 11.3. The molecule has 25 heavy (non-hydrogen) atoms. The number of aromatic nitrogens is 1. The van der Waals surface area contributed by atoms with Gasteiger partial charge in [0.05, 0.1) is 11.5 Å². The average Bonchev–Trinajstić information content (AvgIpc) is 2.61. The first-order chi connectivity index (χ1) is 11.7. The van der Waals surface area contributed by atoms with Crippen LogP contribution in [0.3, 0.4) is 0 Å². The van der Waals surface area contributed by atoms with Crippen LogP contribution in [0.5, 0.6) is 0 Å². The molecule has 1 aromatic heterocycles. The van der Waals surface area contributed by atoms with Crippen molar-refractivity contribution in [1.29, 1.82) is 0 Å². The van der Waals surface area contributed by atoms with Crippen molar-refractivity contribution in [3.63, 3.8) is 0 Å². The molecular formula is C17H22IN5O2. The number of nitro benzene ring substituents is 1. The highest BCUT2D eigenvalue weighted by molar-refractivity contribution is 14.0. The van der Waals surface area contributed by atoms with Gasteiger partial charge < -0.3 is 10.6 Å². The van der Waals surface area contributed by atoms with E-state index in [0.29, 0.717) is 19.0 Å². The minimum absolute atomic E-state index is 0. The molecule has 0 amide bonds. The second-order valence-electron chi connectivity index (χ2n) is 5.12. The predicted octanol–water partition coefficient (Wildman–Crippen LogP) is 2.91. The molecule has 2 N–H and O–H groups in total. The number of guanidine groups is 1. The van der Waals surface area contributed by atoms with Crippen LogP contribution in [0.4, 0.5) is 5.69 Å². The quantitative estimate of drug-likeness (QED) is 0.220. The lowest BCUT2D eigenvalue weighted by molar-refractivity contribution is -0.384. The van der Waals surface area contributed by atoms with Crippen LogP contribution in [0.2, 0.25) is 0 Å². The molecule has 0 bridgehead atoms. The molecule has 7 nitrogen and oxygen atoms in total. The standard InChI is InChI=1S/C17H21N5O2.HI/c1-2-18-17(20-11-9-15-7-3-4-10-19-15)21-13-14-6-5-8-16(12-14)22(23)24;/h3-8,10,12H,2,9,11,13H2,1H3,(H2,18,20,21);1H. The van der Waals surface area contributed by atoms with E-state index in [1.165, 1.54) is 6.07 Å². The number of benzene rings is 1. The summed E-state index contributed by atoms with van der Waals surface area (Å²) in [5, 5.41) is 17.2. The van der Waals surface area contributed by atoms with Gasteiger partial charge in [0.15, 0.2) is 5.96 Å². The van der Waals surface area contributed by atoms with Crippen LogP contribution in [0.25, 0.3) is 0 Å². The van der Waals surface area contributed by atoms with Gasteiger partial charge in [0.2, 0.25) is 0 Å². The van der Waals surface area contributed by atoms with E-state index in [9.17, 15) is 10.1 Å². The summed E-state index contributed by atoms with van der Waals surface area (Å²) in [7, 11) is 0. The Kier molecular flexibility index (Phi) is 9.45. The summed E-state index contributed by atoms with van der Waals surface area (Å²) in [6.07, 6.45) is 2.57. The molecule has 134 valence electrons. The summed E-state index contributed by atoms with van der Waals surface area (Å²) in [6.45, 7) is 3.81. The van der Waals surface area contributed by atoms with Gasteiger partial charge in [0.1, 0.15) is 0 Å². The fraction of sp³-hybridized carbons (Fsp3) is 0.294. The molecule has 1 aromatic carbocycles. The fourth-order valence-electron chi connectivity index (χ4n) is 2.14. The number of hydrogen-bond donors (Lipinski definition) is 2. The van der Waals surface area contributed by atoms with Gasteiger partial charge >= 0.3 is 0 Å². The van der Waals surface area contributed by atoms with E-state index in [-0.39, 0.29) is 29.7 Å². The smallest absolute Gasteiger partial charge is 0.269 e. The summed E-state index contributed by atoms with van der Waals surface area (Å²) < 4.78 is 0. The van der Waals surface area contributed by atoms with E-state index in [1.54, 1.807) is 18.3 Å². The van der Waals surface area contributed by atoms with E-state index in [0.717, 1.165) is 24.2 Å². The topological polar surface area (TPSA) is 92.5 Å².